The molecule has 0 radical (unpaired) electrons. The Hall–Kier alpha value is -2.89. The fraction of sp³-hybridized carbons (Fsp3) is 0.458. The first kappa shape index (κ1) is 24.2. The van der Waals surface area contributed by atoms with Gasteiger partial charge in [0, 0.05) is 4.92 Å². The van der Waals surface area contributed by atoms with Crippen LogP contribution in [-0.4, -0.2) is 65.1 Å². The van der Waals surface area contributed by atoms with Crippen molar-refractivity contribution < 1.29 is 38.5 Å². The van der Waals surface area contributed by atoms with Crippen LogP contribution in [0, 0.1) is 10.1 Å². The molecule has 0 aromatic heterocycles. The number of aliphatic hydroxyl groups is 1. The minimum atomic E-state index is -2.20. The molecule has 0 amide bonds. The molecule has 5 atom stereocenters. The lowest BCUT2D eigenvalue weighted by Gasteiger charge is -2.34. The Bertz CT molecular complexity index is 1000. The number of rotatable bonds is 9. The van der Waals surface area contributed by atoms with Gasteiger partial charge < -0.3 is 28.8 Å². The van der Waals surface area contributed by atoms with E-state index in [2.05, 4.69) is 0 Å². The number of fused-ring (bicyclic) bond motifs is 1. The molecule has 2 aromatic rings. The lowest BCUT2D eigenvalue weighted by molar-refractivity contribution is -0.507. The zero-order chi connectivity index (χ0) is 24.3. The molecule has 34 heavy (non-hydrogen) atoms. The monoisotopic (exact) mass is 473 g/mol. The van der Waals surface area contributed by atoms with Gasteiger partial charge in [0.2, 0.25) is 6.54 Å². The number of ether oxygens (including phenoxy) is 5. The molecule has 2 fully saturated rings. The first-order chi connectivity index (χ1) is 16.2. The van der Waals surface area contributed by atoms with Crippen molar-refractivity contribution in [1.29, 1.82) is 0 Å². The average molecular weight is 473 g/mol. The van der Waals surface area contributed by atoms with Gasteiger partial charge in [0.05, 0.1) is 12.2 Å². The van der Waals surface area contributed by atoms with Gasteiger partial charge in [-0.1, -0.05) is 48.5 Å². The van der Waals surface area contributed by atoms with Crippen molar-refractivity contribution in [3.05, 3.63) is 81.9 Å². The molecular weight excluding hydrogens is 446 g/mol. The Morgan fingerprint density at radius 2 is 1.76 bits per heavy atom. The second kappa shape index (κ2) is 9.77. The third-order valence-electron chi connectivity index (χ3n) is 5.67. The van der Waals surface area contributed by atoms with Gasteiger partial charge in [-0.05, 0) is 31.5 Å². The van der Waals surface area contributed by atoms with E-state index in [9.17, 15) is 20.0 Å². The van der Waals surface area contributed by atoms with Crippen molar-refractivity contribution >= 4 is 5.97 Å². The molecule has 10 nitrogen and oxygen atoms in total. The maximum Gasteiger partial charge on any atom is 0.338 e. The molecule has 0 aliphatic carbocycles. The normalized spacial score (nSPS) is 27.0. The summed E-state index contributed by atoms with van der Waals surface area (Å²) in [6, 6.07) is 17.4. The van der Waals surface area contributed by atoms with Crippen LogP contribution in [0.5, 0.6) is 0 Å². The van der Waals surface area contributed by atoms with E-state index in [1.165, 1.54) is 0 Å². The van der Waals surface area contributed by atoms with Gasteiger partial charge in [0.15, 0.2) is 17.7 Å². The van der Waals surface area contributed by atoms with Gasteiger partial charge in [-0.25, -0.2) is 4.79 Å². The van der Waals surface area contributed by atoms with Crippen LogP contribution < -0.4 is 0 Å². The molecule has 4 rings (SSSR count). The van der Waals surface area contributed by atoms with E-state index in [1.54, 1.807) is 44.2 Å². The molecule has 2 saturated heterocycles. The Morgan fingerprint density at radius 3 is 2.41 bits per heavy atom. The highest BCUT2D eigenvalue weighted by Gasteiger charge is 2.62. The standard InChI is InChI=1S/C24H27NO9/c1-23(2)33-19-18(30-13-16-9-5-3-6-10-16)20(32-22(19)34-23)24(27,14-25(28)29)15-31-21(26)17-11-7-4-8-12-17/h3-12,18-20,22,27H,13-15H2,1-2H3/t18-,19-,20+,22-,24-/m0/s1. The molecule has 0 spiro atoms. The number of carbonyl (C=O) groups is 1. The minimum Gasteiger partial charge on any atom is -0.459 e. The quantitative estimate of drug-likeness (QED) is 0.332. The highest BCUT2D eigenvalue weighted by Crippen LogP contribution is 2.42. The minimum absolute atomic E-state index is 0.150. The fourth-order valence-electron chi connectivity index (χ4n) is 4.15. The predicted molar refractivity (Wildman–Crippen MR) is 117 cm³/mol. The van der Waals surface area contributed by atoms with E-state index >= 15 is 0 Å². The van der Waals surface area contributed by atoms with E-state index in [-0.39, 0.29) is 12.2 Å². The van der Waals surface area contributed by atoms with E-state index in [1.807, 2.05) is 30.3 Å². The van der Waals surface area contributed by atoms with Gasteiger partial charge in [0.25, 0.3) is 0 Å². The lowest BCUT2D eigenvalue weighted by Crippen LogP contribution is -2.57. The summed E-state index contributed by atoms with van der Waals surface area (Å²) in [6.07, 6.45) is -3.83. The summed E-state index contributed by atoms with van der Waals surface area (Å²) in [5, 5.41) is 22.9. The number of nitrogens with zero attached hydrogens (tertiary/aromatic N) is 1. The number of benzene rings is 2. The fourth-order valence-corrected chi connectivity index (χ4v) is 4.15. The number of nitro groups is 1. The summed E-state index contributed by atoms with van der Waals surface area (Å²) >= 11 is 0. The van der Waals surface area contributed by atoms with Crippen molar-refractivity contribution in [3.8, 4) is 0 Å². The number of carbonyl (C=O) groups excluding carboxylic acids is 1. The van der Waals surface area contributed by atoms with E-state index in [0.717, 1.165) is 5.56 Å². The summed E-state index contributed by atoms with van der Waals surface area (Å²) in [5.41, 5.74) is -1.09. The number of hydrogen-bond donors (Lipinski definition) is 1. The van der Waals surface area contributed by atoms with Crippen LogP contribution in [0.25, 0.3) is 0 Å². The molecule has 2 heterocycles. The summed E-state index contributed by atoms with van der Waals surface area (Å²) in [4.78, 5) is 23.2. The summed E-state index contributed by atoms with van der Waals surface area (Å²) in [5.74, 6) is -1.69. The molecule has 0 unspecified atom stereocenters. The molecule has 2 aliphatic heterocycles. The molecule has 182 valence electrons. The first-order valence-electron chi connectivity index (χ1n) is 10.9. The van der Waals surface area contributed by atoms with Crippen LogP contribution in [0.15, 0.2) is 60.7 Å². The topological polar surface area (TPSA) is 127 Å². The summed E-state index contributed by atoms with van der Waals surface area (Å²) in [6.45, 7) is 1.95. The van der Waals surface area contributed by atoms with Crippen molar-refractivity contribution in [1.82, 2.24) is 0 Å². The second-order valence-corrected chi connectivity index (χ2v) is 8.82. The van der Waals surface area contributed by atoms with Crippen LogP contribution in [0.2, 0.25) is 0 Å². The zero-order valence-electron chi connectivity index (χ0n) is 18.9. The van der Waals surface area contributed by atoms with Gasteiger partial charge in [-0.15, -0.1) is 0 Å². The molecule has 0 saturated carbocycles. The van der Waals surface area contributed by atoms with Crippen molar-refractivity contribution in [2.75, 3.05) is 13.2 Å². The Kier molecular flexibility index (Phi) is 6.96. The van der Waals surface area contributed by atoms with E-state index < -0.39 is 60.0 Å². The maximum absolute atomic E-state index is 12.4. The average Bonchev–Trinajstić information content (AvgIpc) is 3.29. The lowest BCUT2D eigenvalue weighted by atomic mass is 9.92. The van der Waals surface area contributed by atoms with Gasteiger partial charge >= 0.3 is 5.97 Å². The molecule has 2 aromatic carbocycles. The van der Waals surface area contributed by atoms with Gasteiger partial charge in [-0.2, -0.15) is 0 Å². The van der Waals surface area contributed by atoms with Crippen LogP contribution in [0.4, 0.5) is 0 Å². The highest BCUT2D eigenvalue weighted by molar-refractivity contribution is 5.89. The number of hydrogen-bond acceptors (Lipinski definition) is 9. The van der Waals surface area contributed by atoms with Gasteiger partial charge in [0.1, 0.15) is 24.9 Å². The largest absolute Gasteiger partial charge is 0.459 e. The summed E-state index contributed by atoms with van der Waals surface area (Å²) < 4.78 is 29.0. The van der Waals surface area contributed by atoms with Gasteiger partial charge in [-0.3, -0.25) is 10.1 Å². The van der Waals surface area contributed by atoms with Crippen LogP contribution >= 0.6 is 0 Å². The molecule has 10 heteroatoms. The molecular formula is C24H27NO9. The van der Waals surface area contributed by atoms with Crippen molar-refractivity contribution in [2.24, 2.45) is 0 Å². The van der Waals surface area contributed by atoms with Crippen LogP contribution in [0.3, 0.4) is 0 Å². The Labute approximate surface area is 196 Å². The SMILES string of the molecule is CC1(C)O[C@@H]2O[C@@H]([C@@](O)(COC(=O)c3ccccc3)C[N+](=O)[O-])[C@@H](OCc3ccccc3)[C@@H]2O1. The zero-order valence-corrected chi connectivity index (χ0v) is 18.9. The van der Waals surface area contributed by atoms with Crippen LogP contribution in [0.1, 0.15) is 29.8 Å². The Morgan fingerprint density at radius 1 is 1.12 bits per heavy atom. The van der Waals surface area contributed by atoms with Crippen LogP contribution in [-0.2, 0) is 30.3 Å². The van der Waals surface area contributed by atoms with Crippen molar-refractivity contribution in [2.45, 2.75) is 56.4 Å². The first-order valence-corrected chi connectivity index (χ1v) is 10.9. The van der Waals surface area contributed by atoms with E-state index in [4.69, 9.17) is 23.7 Å². The number of esters is 1. The van der Waals surface area contributed by atoms with Crippen molar-refractivity contribution in [3.63, 3.8) is 0 Å². The molecule has 0 bridgehead atoms. The maximum atomic E-state index is 12.4. The third-order valence-corrected chi connectivity index (χ3v) is 5.67. The predicted octanol–water partition coefficient (Wildman–Crippen LogP) is 2.31. The van der Waals surface area contributed by atoms with E-state index in [0.29, 0.717) is 0 Å². The molecule has 1 N–H and O–H groups in total. The summed E-state index contributed by atoms with van der Waals surface area (Å²) in [7, 11) is 0. The third kappa shape index (κ3) is 5.43. The Balaban J connectivity index is 1.56. The molecule has 2 aliphatic rings. The smallest absolute Gasteiger partial charge is 0.338 e. The second-order valence-electron chi connectivity index (χ2n) is 8.82. The highest BCUT2D eigenvalue weighted by atomic mass is 16.8.